The molecule has 0 amide bonds. The Morgan fingerprint density at radius 2 is 2.39 bits per heavy atom. The highest BCUT2D eigenvalue weighted by molar-refractivity contribution is 6.30. The zero-order valence-electron chi connectivity index (χ0n) is 9.89. The molecule has 0 aromatic heterocycles. The van der Waals surface area contributed by atoms with Gasteiger partial charge in [0.1, 0.15) is 0 Å². The number of piperidine rings is 1. The molecule has 1 aromatic rings. The van der Waals surface area contributed by atoms with Crippen molar-refractivity contribution in [1.29, 1.82) is 0 Å². The summed E-state index contributed by atoms with van der Waals surface area (Å²) in [5.41, 5.74) is -0.0387. The summed E-state index contributed by atoms with van der Waals surface area (Å²) in [6.07, 6.45) is 2.20. The molecule has 0 bridgehead atoms. The van der Waals surface area contributed by atoms with Gasteiger partial charge in [-0.25, -0.2) is 0 Å². The van der Waals surface area contributed by atoms with Gasteiger partial charge in [-0.15, -0.1) is 0 Å². The lowest BCUT2D eigenvalue weighted by molar-refractivity contribution is -0.385. The number of nitrogens with one attached hydrogen (secondary N) is 1. The van der Waals surface area contributed by atoms with E-state index in [4.69, 9.17) is 16.3 Å². The van der Waals surface area contributed by atoms with Gasteiger partial charge in [-0.2, -0.15) is 0 Å². The van der Waals surface area contributed by atoms with Crippen LogP contribution in [0.2, 0.25) is 5.02 Å². The number of ether oxygens (including phenoxy) is 1. The number of rotatable bonds is 4. The molecule has 0 radical (unpaired) electrons. The second kappa shape index (κ2) is 6.02. The van der Waals surface area contributed by atoms with E-state index in [0.717, 1.165) is 25.9 Å². The maximum atomic E-state index is 10.9. The molecular formula is C12H15ClN2O3. The largest absolute Gasteiger partial charge is 0.486 e. The number of nitrogens with zero attached hydrogens (tertiary/aromatic N) is 1. The monoisotopic (exact) mass is 270 g/mol. The SMILES string of the molecule is O=[N+]([O-])c1ccc(Cl)cc1OCC1CCCNC1. The number of nitro benzene ring substituents is 1. The minimum Gasteiger partial charge on any atom is -0.486 e. The number of hydrogen-bond donors (Lipinski definition) is 1. The maximum Gasteiger partial charge on any atom is 0.311 e. The zero-order chi connectivity index (χ0) is 13.0. The van der Waals surface area contributed by atoms with Crippen molar-refractivity contribution in [3.8, 4) is 5.75 Å². The van der Waals surface area contributed by atoms with Crippen molar-refractivity contribution in [1.82, 2.24) is 5.32 Å². The molecule has 1 aliphatic heterocycles. The third-order valence-electron chi connectivity index (χ3n) is 2.99. The smallest absolute Gasteiger partial charge is 0.311 e. The second-order valence-corrected chi connectivity index (χ2v) is 4.83. The van der Waals surface area contributed by atoms with Crippen molar-refractivity contribution in [2.24, 2.45) is 5.92 Å². The molecular weight excluding hydrogens is 256 g/mol. The standard InChI is InChI=1S/C12H15ClN2O3/c13-10-3-4-11(15(16)17)12(6-10)18-8-9-2-1-5-14-7-9/h3-4,6,9,14H,1-2,5,7-8H2. The number of halogens is 1. The summed E-state index contributed by atoms with van der Waals surface area (Å²) >= 11 is 5.83. The zero-order valence-corrected chi connectivity index (χ0v) is 10.7. The highest BCUT2D eigenvalue weighted by Crippen LogP contribution is 2.30. The first kappa shape index (κ1) is 13.1. The van der Waals surface area contributed by atoms with Gasteiger partial charge in [-0.1, -0.05) is 11.6 Å². The molecule has 6 heteroatoms. The van der Waals surface area contributed by atoms with Gasteiger partial charge in [-0.05, 0) is 25.5 Å². The summed E-state index contributed by atoms with van der Waals surface area (Å²) in [7, 11) is 0. The molecule has 0 spiro atoms. The predicted octanol–water partition coefficient (Wildman–Crippen LogP) is 2.63. The molecule has 1 unspecified atom stereocenters. The highest BCUT2D eigenvalue weighted by atomic mass is 35.5. The lowest BCUT2D eigenvalue weighted by Gasteiger charge is -2.22. The Morgan fingerprint density at radius 1 is 1.56 bits per heavy atom. The summed E-state index contributed by atoms with van der Waals surface area (Å²) < 4.78 is 5.55. The summed E-state index contributed by atoms with van der Waals surface area (Å²) in [5, 5.41) is 14.6. The summed E-state index contributed by atoms with van der Waals surface area (Å²) in [6.45, 7) is 2.41. The Kier molecular flexibility index (Phi) is 4.38. The molecule has 1 aromatic carbocycles. The Morgan fingerprint density at radius 3 is 3.06 bits per heavy atom. The topological polar surface area (TPSA) is 64.4 Å². The molecule has 98 valence electrons. The Bertz CT molecular complexity index is 433. The average molecular weight is 271 g/mol. The fourth-order valence-corrected chi connectivity index (χ4v) is 2.19. The van der Waals surface area contributed by atoms with Crippen LogP contribution in [0, 0.1) is 16.0 Å². The van der Waals surface area contributed by atoms with Crippen molar-refractivity contribution >= 4 is 17.3 Å². The van der Waals surface area contributed by atoms with E-state index in [2.05, 4.69) is 5.32 Å². The Balaban J connectivity index is 2.03. The first-order valence-corrected chi connectivity index (χ1v) is 6.32. The summed E-state index contributed by atoms with van der Waals surface area (Å²) in [5.74, 6) is 0.649. The molecule has 1 saturated heterocycles. The molecule has 1 heterocycles. The van der Waals surface area contributed by atoms with Crippen LogP contribution in [-0.4, -0.2) is 24.6 Å². The minimum absolute atomic E-state index is 0.0387. The van der Waals surface area contributed by atoms with Crippen molar-refractivity contribution in [3.63, 3.8) is 0 Å². The molecule has 1 aliphatic rings. The van der Waals surface area contributed by atoms with E-state index in [1.54, 1.807) is 0 Å². The average Bonchev–Trinajstić information content (AvgIpc) is 2.37. The van der Waals surface area contributed by atoms with E-state index in [1.807, 2.05) is 0 Å². The summed E-state index contributed by atoms with van der Waals surface area (Å²) in [6, 6.07) is 4.36. The summed E-state index contributed by atoms with van der Waals surface area (Å²) in [4.78, 5) is 10.4. The van der Waals surface area contributed by atoms with Gasteiger partial charge in [0.2, 0.25) is 0 Å². The molecule has 0 aliphatic carbocycles. The van der Waals surface area contributed by atoms with Crippen molar-refractivity contribution in [2.45, 2.75) is 12.8 Å². The van der Waals surface area contributed by atoms with Gasteiger partial charge in [0.05, 0.1) is 11.5 Å². The van der Waals surface area contributed by atoms with Crippen LogP contribution in [0.4, 0.5) is 5.69 Å². The van der Waals surface area contributed by atoms with Gasteiger partial charge in [0, 0.05) is 29.6 Å². The fraction of sp³-hybridized carbons (Fsp3) is 0.500. The molecule has 2 rings (SSSR count). The number of hydrogen-bond acceptors (Lipinski definition) is 4. The van der Waals surface area contributed by atoms with Gasteiger partial charge in [0.25, 0.3) is 0 Å². The number of benzene rings is 1. The van der Waals surface area contributed by atoms with Gasteiger partial charge in [0.15, 0.2) is 5.75 Å². The van der Waals surface area contributed by atoms with E-state index < -0.39 is 4.92 Å². The molecule has 1 fully saturated rings. The fourth-order valence-electron chi connectivity index (χ4n) is 2.03. The Hall–Kier alpha value is -1.33. The quantitative estimate of drug-likeness (QED) is 0.675. The number of nitro groups is 1. The van der Waals surface area contributed by atoms with E-state index >= 15 is 0 Å². The van der Waals surface area contributed by atoms with Crippen LogP contribution in [0.1, 0.15) is 12.8 Å². The lowest BCUT2D eigenvalue weighted by Crippen LogP contribution is -2.33. The first-order valence-electron chi connectivity index (χ1n) is 5.94. The lowest BCUT2D eigenvalue weighted by atomic mass is 10.0. The van der Waals surface area contributed by atoms with E-state index in [0.29, 0.717) is 17.5 Å². The highest BCUT2D eigenvalue weighted by Gasteiger charge is 2.18. The third-order valence-corrected chi connectivity index (χ3v) is 3.23. The Labute approximate surface area is 110 Å². The molecule has 1 atom stereocenters. The van der Waals surface area contributed by atoms with Gasteiger partial charge in [-0.3, -0.25) is 10.1 Å². The van der Waals surface area contributed by atoms with Crippen LogP contribution >= 0.6 is 11.6 Å². The molecule has 1 N–H and O–H groups in total. The van der Waals surface area contributed by atoms with Crippen LogP contribution < -0.4 is 10.1 Å². The predicted molar refractivity (Wildman–Crippen MR) is 69.2 cm³/mol. The van der Waals surface area contributed by atoms with Crippen LogP contribution in [0.25, 0.3) is 0 Å². The van der Waals surface area contributed by atoms with Crippen LogP contribution in [0.5, 0.6) is 5.75 Å². The van der Waals surface area contributed by atoms with Crippen molar-refractivity contribution in [2.75, 3.05) is 19.7 Å². The second-order valence-electron chi connectivity index (χ2n) is 4.39. The maximum absolute atomic E-state index is 10.9. The van der Waals surface area contributed by atoms with E-state index in [1.165, 1.54) is 18.2 Å². The first-order chi connectivity index (χ1) is 8.66. The van der Waals surface area contributed by atoms with Crippen LogP contribution in [-0.2, 0) is 0 Å². The third kappa shape index (κ3) is 3.34. The van der Waals surface area contributed by atoms with Crippen molar-refractivity contribution < 1.29 is 9.66 Å². The molecule has 18 heavy (non-hydrogen) atoms. The molecule has 0 saturated carbocycles. The van der Waals surface area contributed by atoms with Crippen LogP contribution in [0.15, 0.2) is 18.2 Å². The van der Waals surface area contributed by atoms with Crippen LogP contribution in [0.3, 0.4) is 0 Å². The molecule has 5 nitrogen and oxygen atoms in total. The normalized spacial score (nSPS) is 19.5. The minimum atomic E-state index is -0.454. The van der Waals surface area contributed by atoms with E-state index in [-0.39, 0.29) is 11.4 Å². The van der Waals surface area contributed by atoms with Crippen molar-refractivity contribution in [3.05, 3.63) is 33.3 Å². The van der Waals surface area contributed by atoms with Gasteiger partial charge < -0.3 is 10.1 Å². The van der Waals surface area contributed by atoms with E-state index in [9.17, 15) is 10.1 Å². The van der Waals surface area contributed by atoms with Gasteiger partial charge >= 0.3 is 5.69 Å².